The molecule has 3 N–H and O–H groups in total. The summed E-state index contributed by atoms with van der Waals surface area (Å²) in [5.41, 5.74) is 6.30. The molecule has 4 aromatic rings. The molecule has 2 amide bonds. The zero-order valence-electron chi connectivity index (χ0n) is 19.5. The van der Waals surface area contributed by atoms with E-state index in [4.69, 9.17) is 5.73 Å². The Kier molecular flexibility index (Phi) is 6.26. The third-order valence-corrected chi connectivity index (χ3v) is 6.85. The van der Waals surface area contributed by atoms with E-state index < -0.39 is 17.8 Å². The summed E-state index contributed by atoms with van der Waals surface area (Å²) in [7, 11) is 0. The van der Waals surface area contributed by atoms with Crippen LogP contribution in [0.3, 0.4) is 0 Å². The number of carbonyl (C=O) groups excluding carboxylic acids is 2. The number of anilines is 2. The second-order valence-electron chi connectivity index (χ2n) is 9.03. The molecule has 0 radical (unpaired) electrons. The Morgan fingerprint density at radius 3 is 2.70 bits per heavy atom. The summed E-state index contributed by atoms with van der Waals surface area (Å²) in [6, 6.07) is 5.82. The van der Waals surface area contributed by atoms with Gasteiger partial charge in [-0.05, 0) is 58.6 Å². The monoisotopic (exact) mass is 575 g/mol. The summed E-state index contributed by atoms with van der Waals surface area (Å²) in [6.07, 6.45) is -1.34. The third-order valence-electron chi connectivity index (χ3n) is 6.42. The van der Waals surface area contributed by atoms with Crippen molar-refractivity contribution in [2.24, 2.45) is 5.92 Å². The van der Waals surface area contributed by atoms with Gasteiger partial charge in [0, 0.05) is 23.8 Å². The summed E-state index contributed by atoms with van der Waals surface area (Å²) >= 11 is 3.26. The molecule has 0 aliphatic carbocycles. The molecule has 5 rings (SSSR count). The van der Waals surface area contributed by atoms with Crippen molar-refractivity contribution in [1.82, 2.24) is 24.4 Å². The van der Waals surface area contributed by atoms with Gasteiger partial charge in [-0.3, -0.25) is 9.59 Å². The van der Waals surface area contributed by atoms with Crippen LogP contribution in [0.5, 0.6) is 0 Å². The highest BCUT2D eigenvalue weighted by molar-refractivity contribution is 9.10. The molecule has 0 unspecified atom stereocenters. The fraction of sp³-hybridized carbons (Fsp3) is 0.292. The summed E-state index contributed by atoms with van der Waals surface area (Å²) < 4.78 is 42.3. The molecule has 192 valence electrons. The van der Waals surface area contributed by atoms with Gasteiger partial charge in [-0.1, -0.05) is 6.92 Å². The van der Waals surface area contributed by atoms with Crippen LogP contribution in [0.2, 0.25) is 0 Å². The molecule has 0 saturated carbocycles. The van der Waals surface area contributed by atoms with Gasteiger partial charge < -0.3 is 20.5 Å². The molecule has 1 aromatic carbocycles. The van der Waals surface area contributed by atoms with Crippen molar-refractivity contribution in [1.29, 1.82) is 0 Å². The van der Waals surface area contributed by atoms with Gasteiger partial charge in [0.15, 0.2) is 0 Å². The number of likely N-dealkylation sites (tertiary alicyclic amines) is 1. The number of alkyl halides is 3. The minimum absolute atomic E-state index is 0.0103. The van der Waals surface area contributed by atoms with Crippen LogP contribution in [0.1, 0.15) is 18.9 Å². The van der Waals surface area contributed by atoms with E-state index in [-0.39, 0.29) is 46.5 Å². The van der Waals surface area contributed by atoms with E-state index >= 15 is 0 Å². The van der Waals surface area contributed by atoms with Crippen molar-refractivity contribution in [3.63, 3.8) is 0 Å². The van der Waals surface area contributed by atoms with Crippen molar-refractivity contribution < 1.29 is 22.8 Å². The maximum Gasteiger partial charge on any atom is 0.416 e. The van der Waals surface area contributed by atoms with Gasteiger partial charge in [0.1, 0.15) is 35.0 Å². The van der Waals surface area contributed by atoms with Gasteiger partial charge in [-0.15, -0.1) is 0 Å². The van der Waals surface area contributed by atoms with Crippen LogP contribution in [0.15, 0.2) is 47.5 Å². The van der Waals surface area contributed by atoms with E-state index in [0.29, 0.717) is 28.8 Å². The van der Waals surface area contributed by atoms with Crippen molar-refractivity contribution in [3.05, 3.63) is 53.0 Å². The quantitative estimate of drug-likeness (QED) is 0.352. The van der Waals surface area contributed by atoms with E-state index in [1.165, 1.54) is 21.9 Å². The molecule has 1 aliphatic heterocycles. The van der Waals surface area contributed by atoms with E-state index in [2.05, 4.69) is 36.2 Å². The van der Waals surface area contributed by atoms with Gasteiger partial charge in [-0.25, -0.2) is 15.0 Å². The molecular formula is C24H21BrF3N7O2. The molecule has 1 fully saturated rings. The van der Waals surface area contributed by atoms with Crippen LogP contribution in [-0.2, 0) is 22.3 Å². The minimum atomic E-state index is -4.56. The van der Waals surface area contributed by atoms with Gasteiger partial charge in [0.25, 0.3) is 0 Å². The van der Waals surface area contributed by atoms with Crippen LogP contribution < -0.4 is 11.1 Å². The maximum absolute atomic E-state index is 13.5. The molecule has 9 nitrogen and oxygen atoms in total. The number of halogens is 4. The SMILES string of the molecule is C[C@@H]1C[C@@H](C(=O)Nc2ccnc(Br)c2)N(C(=O)Cn2c3ccc(C(F)(F)F)cc3c3c(N)ncnc32)C1. The zero-order valence-corrected chi connectivity index (χ0v) is 21.0. The Bertz CT molecular complexity index is 1540. The number of carbonyl (C=O) groups is 2. The minimum Gasteiger partial charge on any atom is -0.383 e. The second-order valence-corrected chi connectivity index (χ2v) is 9.85. The van der Waals surface area contributed by atoms with E-state index in [9.17, 15) is 22.8 Å². The predicted molar refractivity (Wildman–Crippen MR) is 134 cm³/mol. The molecule has 0 bridgehead atoms. The number of hydrogen-bond acceptors (Lipinski definition) is 6. The van der Waals surface area contributed by atoms with Crippen molar-refractivity contribution in [3.8, 4) is 0 Å². The van der Waals surface area contributed by atoms with Crippen molar-refractivity contribution in [2.75, 3.05) is 17.6 Å². The van der Waals surface area contributed by atoms with Gasteiger partial charge in [0.05, 0.1) is 16.5 Å². The number of amides is 2. The fourth-order valence-electron chi connectivity index (χ4n) is 4.78. The number of benzene rings is 1. The Morgan fingerprint density at radius 1 is 1.19 bits per heavy atom. The van der Waals surface area contributed by atoms with Crippen LogP contribution in [0.4, 0.5) is 24.7 Å². The molecule has 37 heavy (non-hydrogen) atoms. The molecule has 3 aromatic heterocycles. The highest BCUT2D eigenvalue weighted by Gasteiger charge is 2.38. The lowest BCUT2D eigenvalue weighted by Gasteiger charge is -2.24. The van der Waals surface area contributed by atoms with Crippen LogP contribution in [0, 0.1) is 5.92 Å². The second kappa shape index (κ2) is 9.29. The Balaban J connectivity index is 1.48. The first-order chi connectivity index (χ1) is 17.5. The predicted octanol–water partition coefficient (Wildman–Crippen LogP) is 4.22. The molecule has 1 aliphatic rings. The molecule has 0 spiro atoms. The third kappa shape index (κ3) is 4.70. The number of nitrogens with zero attached hydrogens (tertiary/aromatic N) is 5. The van der Waals surface area contributed by atoms with E-state index in [1.807, 2.05) is 6.92 Å². The fourth-order valence-corrected chi connectivity index (χ4v) is 5.14. The first-order valence-electron chi connectivity index (χ1n) is 11.3. The Labute approximate surface area is 217 Å². The Hall–Kier alpha value is -3.74. The molecule has 1 saturated heterocycles. The van der Waals surface area contributed by atoms with Crippen LogP contribution in [0.25, 0.3) is 21.9 Å². The lowest BCUT2D eigenvalue weighted by Crippen LogP contribution is -2.44. The number of nitrogens with one attached hydrogen (secondary N) is 1. The first kappa shape index (κ1) is 24.9. The molecule has 13 heteroatoms. The average molecular weight is 576 g/mol. The molecule has 4 heterocycles. The average Bonchev–Trinajstić information content (AvgIpc) is 3.37. The lowest BCUT2D eigenvalue weighted by molar-refractivity contribution is -0.137. The summed E-state index contributed by atoms with van der Waals surface area (Å²) in [6.45, 7) is 2.08. The Morgan fingerprint density at radius 2 is 1.97 bits per heavy atom. The first-order valence-corrected chi connectivity index (χ1v) is 12.1. The number of nitrogens with two attached hydrogens (primary N) is 1. The number of fused-ring (bicyclic) bond motifs is 3. The topological polar surface area (TPSA) is 119 Å². The van der Waals surface area contributed by atoms with E-state index in [1.54, 1.807) is 18.3 Å². The van der Waals surface area contributed by atoms with Gasteiger partial charge >= 0.3 is 6.18 Å². The summed E-state index contributed by atoms with van der Waals surface area (Å²) in [4.78, 5) is 40.3. The van der Waals surface area contributed by atoms with Gasteiger partial charge in [-0.2, -0.15) is 13.2 Å². The largest absolute Gasteiger partial charge is 0.416 e. The van der Waals surface area contributed by atoms with E-state index in [0.717, 1.165) is 12.1 Å². The number of aromatic nitrogens is 4. The molecule has 2 atom stereocenters. The van der Waals surface area contributed by atoms with Crippen molar-refractivity contribution >= 4 is 61.2 Å². The maximum atomic E-state index is 13.5. The normalized spacial score (nSPS) is 18.0. The highest BCUT2D eigenvalue weighted by Crippen LogP contribution is 2.37. The number of hydrogen-bond donors (Lipinski definition) is 2. The summed E-state index contributed by atoms with van der Waals surface area (Å²) in [5, 5.41) is 3.26. The lowest BCUT2D eigenvalue weighted by atomic mass is 10.1. The smallest absolute Gasteiger partial charge is 0.383 e. The van der Waals surface area contributed by atoms with Crippen LogP contribution >= 0.6 is 15.9 Å². The highest BCUT2D eigenvalue weighted by atomic mass is 79.9. The number of pyridine rings is 1. The molecular weight excluding hydrogens is 555 g/mol. The van der Waals surface area contributed by atoms with Crippen molar-refractivity contribution in [2.45, 2.75) is 32.1 Å². The number of nitrogen functional groups attached to an aromatic ring is 1. The zero-order chi connectivity index (χ0) is 26.5. The van der Waals surface area contributed by atoms with Crippen LogP contribution in [-0.4, -0.2) is 48.8 Å². The number of rotatable bonds is 4. The summed E-state index contributed by atoms with van der Waals surface area (Å²) in [5.74, 6) is -0.610. The standard InChI is InChI=1S/C24H21BrF3N7O2/c1-12-6-17(23(37)33-14-4-5-30-18(25)8-14)34(9-12)19(36)10-35-16-3-2-13(24(26,27)28)7-15(16)20-21(29)31-11-32-22(20)35/h2-5,7-8,11-12,17H,6,9-10H2,1H3,(H2,29,31,32)(H,30,33,37)/t12-,17+/m1/s1. The van der Waals surface area contributed by atoms with Gasteiger partial charge in [0.2, 0.25) is 11.8 Å².